The molecular weight excluding hydrogens is 258 g/mol. The van der Waals surface area contributed by atoms with Gasteiger partial charge in [-0.3, -0.25) is 4.68 Å². The first-order valence-corrected chi connectivity index (χ1v) is 6.58. The number of hydrogen-bond donors (Lipinski definition) is 2. The summed E-state index contributed by atoms with van der Waals surface area (Å²) in [5, 5.41) is 7.35. The Morgan fingerprint density at radius 1 is 1.56 bits per heavy atom. The Labute approximate surface area is 104 Å². The molecule has 0 aromatic carbocycles. The summed E-state index contributed by atoms with van der Waals surface area (Å²) in [6.45, 7) is 1.64. The number of aromatic nitrogens is 3. The predicted molar refractivity (Wildman–Crippen MR) is 62.9 cm³/mol. The molecule has 9 heteroatoms. The Hall–Kier alpha value is -1.87. The first-order valence-electron chi connectivity index (χ1n) is 5.10. The molecule has 0 aliphatic carbocycles. The molecule has 2 aromatic rings. The summed E-state index contributed by atoms with van der Waals surface area (Å²) in [5.74, 6) is 0.388. The van der Waals surface area contributed by atoms with Gasteiger partial charge in [0.05, 0.1) is 18.4 Å². The first kappa shape index (κ1) is 12.6. The van der Waals surface area contributed by atoms with Crippen LogP contribution in [0.4, 0.5) is 5.82 Å². The third kappa shape index (κ3) is 2.22. The van der Waals surface area contributed by atoms with Crippen LogP contribution in [0, 0.1) is 6.92 Å². The van der Waals surface area contributed by atoms with Crippen molar-refractivity contribution in [3.8, 4) is 0 Å². The maximum absolute atomic E-state index is 12.1. The predicted octanol–water partition coefficient (Wildman–Crippen LogP) is -0.223. The van der Waals surface area contributed by atoms with E-state index in [4.69, 9.17) is 10.3 Å². The van der Waals surface area contributed by atoms with Crippen LogP contribution in [-0.4, -0.2) is 23.4 Å². The molecule has 0 aliphatic rings. The van der Waals surface area contributed by atoms with Gasteiger partial charge in [0, 0.05) is 13.1 Å². The van der Waals surface area contributed by atoms with Crippen LogP contribution in [0.1, 0.15) is 11.5 Å². The van der Waals surface area contributed by atoms with Gasteiger partial charge in [-0.1, -0.05) is 5.16 Å². The lowest BCUT2D eigenvalue weighted by atomic mass is 10.5. The summed E-state index contributed by atoms with van der Waals surface area (Å²) >= 11 is 0. The fourth-order valence-corrected chi connectivity index (χ4v) is 2.83. The molecule has 0 fully saturated rings. The van der Waals surface area contributed by atoms with Crippen LogP contribution in [0.3, 0.4) is 0 Å². The number of nitrogens with two attached hydrogens (primary N) is 1. The van der Waals surface area contributed by atoms with Crippen LogP contribution < -0.4 is 10.5 Å². The van der Waals surface area contributed by atoms with Crippen LogP contribution in [-0.2, 0) is 23.6 Å². The molecule has 0 spiro atoms. The molecule has 8 nitrogen and oxygen atoms in total. The Kier molecular flexibility index (Phi) is 3.09. The van der Waals surface area contributed by atoms with Crippen LogP contribution in [0.25, 0.3) is 0 Å². The highest BCUT2D eigenvalue weighted by molar-refractivity contribution is 7.89. The molecule has 0 atom stereocenters. The van der Waals surface area contributed by atoms with Crippen molar-refractivity contribution in [3.05, 3.63) is 23.7 Å². The average Bonchev–Trinajstić information content (AvgIpc) is 2.86. The zero-order valence-electron chi connectivity index (χ0n) is 9.91. The van der Waals surface area contributed by atoms with Gasteiger partial charge >= 0.3 is 0 Å². The molecular formula is C9H13N5O3S. The van der Waals surface area contributed by atoms with E-state index in [1.807, 2.05) is 0 Å². The minimum atomic E-state index is -3.72. The number of nitrogen functional groups attached to an aromatic ring is 1. The van der Waals surface area contributed by atoms with E-state index in [-0.39, 0.29) is 17.3 Å². The molecule has 0 saturated carbocycles. The second-order valence-electron chi connectivity index (χ2n) is 3.73. The van der Waals surface area contributed by atoms with Crippen LogP contribution in [0.2, 0.25) is 0 Å². The van der Waals surface area contributed by atoms with E-state index in [2.05, 4.69) is 15.0 Å². The normalized spacial score (nSPS) is 11.9. The van der Waals surface area contributed by atoms with E-state index in [9.17, 15) is 8.42 Å². The number of anilines is 1. The molecule has 3 N–H and O–H groups in total. The van der Waals surface area contributed by atoms with E-state index >= 15 is 0 Å². The summed E-state index contributed by atoms with van der Waals surface area (Å²) < 4.78 is 32.7. The summed E-state index contributed by atoms with van der Waals surface area (Å²) in [4.78, 5) is -0.00971. The smallest absolute Gasteiger partial charge is 0.246 e. The fourth-order valence-electron chi connectivity index (χ4n) is 1.52. The highest BCUT2D eigenvalue weighted by atomic mass is 32.2. The van der Waals surface area contributed by atoms with Crippen molar-refractivity contribution in [3.63, 3.8) is 0 Å². The second-order valence-corrected chi connectivity index (χ2v) is 5.43. The van der Waals surface area contributed by atoms with Gasteiger partial charge in [0.25, 0.3) is 0 Å². The molecule has 2 aromatic heterocycles. The number of nitrogens with zero attached hydrogens (tertiary/aromatic N) is 3. The Balaban J connectivity index is 2.26. The van der Waals surface area contributed by atoms with Gasteiger partial charge in [0.2, 0.25) is 10.0 Å². The largest absolute Gasteiger partial charge is 0.381 e. The van der Waals surface area contributed by atoms with E-state index in [1.165, 1.54) is 10.9 Å². The monoisotopic (exact) mass is 271 g/mol. The summed E-state index contributed by atoms with van der Waals surface area (Å²) in [5.41, 5.74) is 6.06. The first-order chi connectivity index (χ1) is 8.42. The quantitative estimate of drug-likeness (QED) is 0.794. The third-order valence-corrected chi connectivity index (χ3v) is 4.07. The minimum absolute atomic E-state index is 0.00971. The molecule has 18 heavy (non-hydrogen) atoms. The molecule has 0 amide bonds. The molecule has 0 bridgehead atoms. The van der Waals surface area contributed by atoms with Gasteiger partial charge in [0.15, 0.2) is 11.6 Å². The molecule has 2 rings (SSSR count). The van der Waals surface area contributed by atoms with E-state index in [1.54, 1.807) is 20.0 Å². The summed E-state index contributed by atoms with van der Waals surface area (Å²) in [6.07, 6.45) is 1.44. The van der Waals surface area contributed by atoms with Crippen LogP contribution in [0.15, 0.2) is 21.7 Å². The molecule has 0 unspecified atom stereocenters. The van der Waals surface area contributed by atoms with Crippen molar-refractivity contribution in [2.75, 3.05) is 5.73 Å². The minimum Gasteiger partial charge on any atom is -0.381 e. The highest BCUT2D eigenvalue weighted by Crippen LogP contribution is 2.20. The lowest BCUT2D eigenvalue weighted by molar-refractivity contribution is 0.380. The Morgan fingerprint density at radius 3 is 2.78 bits per heavy atom. The van der Waals surface area contributed by atoms with Gasteiger partial charge < -0.3 is 10.3 Å². The van der Waals surface area contributed by atoms with Crippen molar-refractivity contribution >= 4 is 15.8 Å². The number of aryl methyl sites for hydroxylation is 1. The van der Waals surface area contributed by atoms with E-state index < -0.39 is 10.0 Å². The average molecular weight is 271 g/mol. The Bertz CT molecular complexity index is 644. The van der Waals surface area contributed by atoms with Crippen LogP contribution >= 0.6 is 0 Å². The number of nitrogens with one attached hydrogen (secondary N) is 1. The third-order valence-electron chi connectivity index (χ3n) is 2.50. The second kappa shape index (κ2) is 4.42. The van der Waals surface area contributed by atoms with Gasteiger partial charge in [-0.05, 0) is 6.92 Å². The number of sulfonamides is 1. The lowest BCUT2D eigenvalue weighted by Gasteiger charge is -2.04. The number of rotatable bonds is 4. The van der Waals surface area contributed by atoms with Gasteiger partial charge in [-0.25, -0.2) is 13.1 Å². The van der Waals surface area contributed by atoms with Crippen molar-refractivity contribution in [1.29, 1.82) is 0 Å². The zero-order chi connectivity index (χ0) is 13.3. The summed E-state index contributed by atoms with van der Waals surface area (Å²) in [6, 6.07) is 1.57. The lowest BCUT2D eigenvalue weighted by Crippen LogP contribution is -2.24. The van der Waals surface area contributed by atoms with Gasteiger partial charge in [0.1, 0.15) is 4.90 Å². The van der Waals surface area contributed by atoms with Crippen molar-refractivity contribution in [2.45, 2.75) is 18.4 Å². The van der Waals surface area contributed by atoms with E-state index in [0.717, 1.165) is 0 Å². The standard InChI is InChI=1S/C9H13N5O3S/c1-6-8(9(10)13-14(6)2)18(15,16)12-5-7-3-4-11-17-7/h3-4,12H,5H2,1-2H3,(H2,10,13). The zero-order valence-corrected chi connectivity index (χ0v) is 10.7. The Morgan fingerprint density at radius 2 is 2.28 bits per heavy atom. The fraction of sp³-hybridized carbons (Fsp3) is 0.333. The van der Waals surface area contributed by atoms with Gasteiger partial charge in [-0.15, -0.1) is 0 Å². The number of hydrogen-bond acceptors (Lipinski definition) is 6. The van der Waals surface area contributed by atoms with Crippen molar-refractivity contribution in [1.82, 2.24) is 19.7 Å². The molecule has 2 heterocycles. The molecule has 0 saturated heterocycles. The highest BCUT2D eigenvalue weighted by Gasteiger charge is 2.24. The summed E-state index contributed by atoms with van der Waals surface area (Å²) in [7, 11) is -2.10. The van der Waals surface area contributed by atoms with E-state index in [0.29, 0.717) is 11.5 Å². The van der Waals surface area contributed by atoms with Crippen molar-refractivity contribution in [2.24, 2.45) is 7.05 Å². The topological polar surface area (TPSA) is 116 Å². The van der Waals surface area contributed by atoms with Gasteiger partial charge in [-0.2, -0.15) is 5.10 Å². The van der Waals surface area contributed by atoms with Crippen molar-refractivity contribution < 1.29 is 12.9 Å². The maximum Gasteiger partial charge on any atom is 0.246 e. The maximum atomic E-state index is 12.1. The molecule has 0 aliphatic heterocycles. The van der Waals surface area contributed by atoms with Crippen LogP contribution in [0.5, 0.6) is 0 Å². The molecule has 0 radical (unpaired) electrons. The SMILES string of the molecule is Cc1c(S(=O)(=O)NCc2ccno2)c(N)nn1C. The molecule has 98 valence electrons.